The van der Waals surface area contributed by atoms with Crippen LogP contribution in [0.5, 0.6) is 11.6 Å². The summed E-state index contributed by atoms with van der Waals surface area (Å²) in [5.74, 6) is 0.812. The SMILES string of the molecule is FC(F)(F)c1ccccc1-c1cccc(Oc2ccccc2)n1. The van der Waals surface area contributed by atoms with Crippen molar-refractivity contribution in [3.05, 3.63) is 78.4 Å². The van der Waals surface area contributed by atoms with Crippen LogP contribution in [-0.4, -0.2) is 4.98 Å². The van der Waals surface area contributed by atoms with E-state index in [1.807, 2.05) is 6.07 Å². The Morgan fingerprint density at radius 1 is 0.739 bits per heavy atom. The zero-order valence-electron chi connectivity index (χ0n) is 11.9. The van der Waals surface area contributed by atoms with Gasteiger partial charge in [0.25, 0.3) is 0 Å². The van der Waals surface area contributed by atoms with Gasteiger partial charge in [0.05, 0.1) is 11.3 Å². The fraction of sp³-hybridized carbons (Fsp3) is 0.0556. The van der Waals surface area contributed by atoms with Crippen LogP contribution in [0.1, 0.15) is 5.56 Å². The number of nitrogens with zero attached hydrogens (tertiary/aromatic N) is 1. The first kappa shape index (κ1) is 15.1. The van der Waals surface area contributed by atoms with Gasteiger partial charge in [-0.2, -0.15) is 13.2 Å². The lowest BCUT2D eigenvalue weighted by Crippen LogP contribution is -2.07. The number of hydrogen-bond acceptors (Lipinski definition) is 2. The standard InChI is InChI=1S/C18H12F3NO/c19-18(20,21)15-10-5-4-9-14(15)16-11-6-12-17(22-16)23-13-7-2-1-3-8-13/h1-12H. The average molecular weight is 315 g/mol. The summed E-state index contributed by atoms with van der Waals surface area (Å²) in [6.07, 6.45) is -4.44. The molecule has 0 radical (unpaired) electrons. The molecule has 0 unspecified atom stereocenters. The number of alkyl halides is 3. The van der Waals surface area contributed by atoms with Gasteiger partial charge < -0.3 is 4.74 Å². The molecule has 3 rings (SSSR count). The van der Waals surface area contributed by atoms with Crippen LogP contribution in [0.4, 0.5) is 13.2 Å². The molecule has 2 nitrogen and oxygen atoms in total. The maximum atomic E-state index is 13.1. The molecule has 0 aliphatic carbocycles. The van der Waals surface area contributed by atoms with Gasteiger partial charge in [-0.05, 0) is 24.3 Å². The van der Waals surface area contributed by atoms with E-state index in [0.29, 0.717) is 5.75 Å². The summed E-state index contributed by atoms with van der Waals surface area (Å²) >= 11 is 0. The van der Waals surface area contributed by atoms with Gasteiger partial charge in [-0.3, -0.25) is 0 Å². The number of aromatic nitrogens is 1. The topological polar surface area (TPSA) is 22.1 Å². The zero-order chi connectivity index (χ0) is 16.3. The second-order valence-electron chi connectivity index (χ2n) is 4.82. The Kier molecular flexibility index (Phi) is 4.02. The van der Waals surface area contributed by atoms with Crippen LogP contribution in [0, 0.1) is 0 Å². The van der Waals surface area contributed by atoms with Crippen LogP contribution in [0.3, 0.4) is 0 Å². The van der Waals surface area contributed by atoms with Gasteiger partial charge in [-0.15, -0.1) is 0 Å². The van der Waals surface area contributed by atoms with Crippen molar-refractivity contribution in [2.45, 2.75) is 6.18 Å². The van der Waals surface area contributed by atoms with E-state index < -0.39 is 11.7 Å². The van der Waals surface area contributed by atoms with Crippen LogP contribution >= 0.6 is 0 Å². The summed E-state index contributed by atoms with van der Waals surface area (Å²) in [6.45, 7) is 0. The van der Waals surface area contributed by atoms with Crippen molar-refractivity contribution in [3.8, 4) is 22.9 Å². The Balaban J connectivity index is 1.98. The van der Waals surface area contributed by atoms with Crippen molar-refractivity contribution < 1.29 is 17.9 Å². The molecule has 0 saturated heterocycles. The predicted octanol–water partition coefficient (Wildman–Crippen LogP) is 5.56. The molecular formula is C18H12F3NO. The summed E-state index contributed by atoms with van der Waals surface area (Å²) in [7, 11) is 0. The molecule has 0 N–H and O–H groups in total. The first-order valence-corrected chi connectivity index (χ1v) is 6.90. The smallest absolute Gasteiger partial charge is 0.417 e. The van der Waals surface area contributed by atoms with Gasteiger partial charge in [-0.1, -0.05) is 42.5 Å². The third-order valence-electron chi connectivity index (χ3n) is 3.20. The van der Waals surface area contributed by atoms with Crippen molar-refractivity contribution >= 4 is 0 Å². The number of para-hydroxylation sites is 1. The van der Waals surface area contributed by atoms with E-state index >= 15 is 0 Å². The van der Waals surface area contributed by atoms with E-state index in [9.17, 15) is 13.2 Å². The molecule has 1 heterocycles. The van der Waals surface area contributed by atoms with Crippen molar-refractivity contribution in [1.82, 2.24) is 4.98 Å². The van der Waals surface area contributed by atoms with Gasteiger partial charge in [-0.25, -0.2) is 4.98 Å². The van der Waals surface area contributed by atoms with Crippen LogP contribution in [0.15, 0.2) is 72.8 Å². The highest BCUT2D eigenvalue weighted by Gasteiger charge is 2.33. The fourth-order valence-corrected chi connectivity index (χ4v) is 2.18. The molecule has 0 amide bonds. The first-order chi connectivity index (χ1) is 11.0. The van der Waals surface area contributed by atoms with Gasteiger partial charge in [0, 0.05) is 11.6 Å². The van der Waals surface area contributed by atoms with Crippen LogP contribution in [0.2, 0.25) is 0 Å². The largest absolute Gasteiger partial charge is 0.439 e. The number of benzene rings is 2. The van der Waals surface area contributed by atoms with E-state index in [2.05, 4.69) is 4.98 Å². The summed E-state index contributed by atoms with van der Waals surface area (Å²) in [5.41, 5.74) is -0.478. The molecule has 0 saturated carbocycles. The maximum Gasteiger partial charge on any atom is 0.417 e. The van der Waals surface area contributed by atoms with Crippen molar-refractivity contribution in [1.29, 1.82) is 0 Å². The number of rotatable bonds is 3. The van der Waals surface area contributed by atoms with E-state index in [1.54, 1.807) is 42.5 Å². The molecule has 0 fully saturated rings. The highest BCUT2D eigenvalue weighted by molar-refractivity contribution is 5.64. The summed E-state index contributed by atoms with van der Waals surface area (Å²) in [6, 6.07) is 19.1. The number of halogens is 3. The van der Waals surface area contributed by atoms with E-state index in [4.69, 9.17) is 4.74 Å². The first-order valence-electron chi connectivity index (χ1n) is 6.90. The molecule has 2 aromatic carbocycles. The number of pyridine rings is 1. The highest BCUT2D eigenvalue weighted by atomic mass is 19.4. The Morgan fingerprint density at radius 3 is 2.17 bits per heavy atom. The Bertz CT molecular complexity index is 801. The molecular weight excluding hydrogens is 303 g/mol. The third-order valence-corrected chi connectivity index (χ3v) is 3.20. The second kappa shape index (κ2) is 6.12. The monoisotopic (exact) mass is 315 g/mol. The molecule has 5 heteroatoms. The highest BCUT2D eigenvalue weighted by Crippen LogP contribution is 2.36. The lowest BCUT2D eigenvalue weighted by molar-refractivity contribution is -0.137. The predicted molar refractivity (Wildman–Crippen MR) is 81.2 cm³/mol. The van der Waals surface area contributed by atoms with Gasteiger partial charge in [0.2, 0.25) is 5.88 Å². The molecule has 0 spiro atoms. The van der Waals surface area contributed by atoms with Crippen LogP contribution < -0.4 is 4.74 Å². The molecule has 0 aliphatic rings. The van der Waals surface area contributed by atoms with Crippen molar-refractivity contribution in [2.24, 2.45) is 0 Å². The minimum absolute atomic E-state index is 0.0264. The second-order valence-corrected chi connectivity index (χ2v) is 4.82. The van der Waals surface area contributed by atoms with E-state index in [1.165, 1.54) is 18.2 Å². The third kappa shape index (κ3) is 3.51. The molecule has 3 aromatic rings. The molecule has 0 bridgehead atoms. The van der Waals surface area contributed by atoms with Crippen LogP contribution in [-0.2, 0) is 6.18 Å². The molecule has 23 heavy (non-hydrogen) atoms. The van der Waals surface area contributed by atoms with Crippen molar-refractivity contribution in [3.63, 3.8) is 0 Å². The van der Waals surface area contributed by atoms with Gasteiger partial charge in [0.1, 0.15) is 5.75 Å². The summed E-state index contributed by atoms with van der Waals surface area (Å²) in [4.78, 5) is 4.19. The van der Waals surface area contributed by atoms with Crippen LogP contribution in [0.25, 0.3) is 11.3 Å². The number of hydrogen-bond donors (Lipinski definition) is 0. The normalized spacial score (nSPS) is 11.3. The molecule has 0 atom stereocenters. The summed E-state index contributed by atoms with van der Waals surface area (Å²) < 4.78 is 44.9. The van der Waals surface area contributed by atoms with E-state index in [0.717, 1.165) is 6.07 Å². The lowest BCUT2D eigenvalue weighted by atomic mass is 10.0. The fourth-order valence-electron chi connectivity index (χ4n) is 2.18. The molecule has 1 aromatic heterocycles. The molecule has 0 aliphatic heterocycles. The Labute approximate surface area is 131 Å². The summed E-state index contributed by atoms with van der Waals surface area (Å²) in [5, 5.41) is 0. The quantitative estimate of drug-likeness (QED) is 0.631. The Hall–Kier alpha value is -2.82. The Morgan fingerprint density at radius 2 is 1.43 bits per heavy atom. The average Bonchev–Trinajstić information content (AvgIpc) is 2.55. The zero-order valence-corrected chi connectivity index (χ0v) is 11.9. The van der Waals surface area contributed by atoms with E-state index in [-0.39, 0.29) is 17.1 Å². The number of ether oxygens (including phenoxy) is 1. The van der Waals surface area contributed by atoms with Gasteiger partial charge >= 0.3 is 6.18 Å². The molecule has 116 valence electrons. The minimum atomic E-state index is -4.44. The lowest BCUT2D eigenvalue weighted by Gasteiger charge is -2.13. The maximum absolute atomic E-state index is 13.1. The van der Waals surface area contributed by atoms with Crippen molar-refractivity contribution in [2.75, 3.05) is 0 Å². The van der Waals surface area contributed by atoms with Gasteiger partial charge in [0.15, 0.2) is 0 Å². The minimum Gasteiger partial charge on any atom is -0.439 e.